The minimum absolute atomic E-state index is 0.600. The zero-order valence-electron chi connectivity index (χ0n) is 13.6. The van der Waals surface area contributed by atoms with Gasteiger partial charge in [0, 0.05) is 33.1 Å². The molecule has 7 heteroatoms. The van der Waals surface area contributed by atoms with E-state index in [9.17, 15) is 0 Å². The van der Waals surface area contributed by atoms with Crippen molar-refractivity contribution in [2.24, 2.45) is 0 Å². The monoisotopic (exact) mass is 360 g/mol. The molecular weight excluding hydrogens is 336 g/mol. The van der Waals surface area contributed by atoms with Gasteiger partial charge in [0.1, 0.15) is 0 Å². The second-order valence-electron chi connectivity index (χ2n) is 4.58. The third kappa shape index (κ3) is 6.35. The molecule has 0 amide bonds. The molecule has 0 aromatic heterocycles. The number of benzene rings is 1. The third-order valence-corrected chi connectivity index (χ3v) is 7.33. The second kappa shape index (κ2) is 10.4. The van der Waals surface area contributed by atoms with Crippen LogP contribution in [0.1, 0.15) is 18.1 Å². The molecule has 124 valence electrons. The number of thiocarbonyl (C=S) groups is 1. The van der Waals surface area contributed by atoms with E-state index >= 15 is 0 Å². The molecule has 0 saturated heterocycles. The molecule has 0 bridgehead atoms. The summed E-state index contributed by atoms with van der Waals surface area (Å²) in [6.45, 7) is 2.56. The Morgan fingerprint density at radius 3 is 2.09 bits per heavy atom. The predicted molar refractivity (Wildman–Crippen MR) is 97.3 cm³/mol. The number of ether oxygens (including phenoxy) is 1. The first kappa shape index (κ1) is 19.6. The van der Waals surface area contributed by atoms with Gasteiger partial charge in [0.25, 0.3) is 0 Å². The van der Waals surface area contributed by atoms with Crippen LogP contribution in [-0.2, 0) is 30.2 Å². The quantitative estimate of drug-likeness (QED) is 0.494. The van der Waals surface area contributed by atoms with Crippen molar-refractivity contribution in [3.63, 3.8) is 0 Å². The molecule has 0 atom stereocenters. The van der Waals surface area contributed by atoms with Crippen LogP contribution in [0.15, 0.2) is 24.3 Å². The summed E-state index contributed by atoms with van der Waals surface area (Å²) in [5.41, 5.74) is 2.47. The molecular formula is C15H24O4S2Si. The van der Waals surface area contributed by atoms with Crippen molar-refractivity contribution in [3.8, 4) is 0 Å². The molecule has 0 unspecified atom stereocenters. The summed E-state index contributed by atoms with van der Waals surface area (Å²) < 4.78 is 22.2. The van der Waals surface area contributed by atoms with Gasteiger partial charge in [-0.05, 0) is 36.7 Å². The van der Waals surface area contributed by atoms with Gasteiger partial charge in [0.15, 0.2) is 0 Å². The lowest BCUT2D eigenvalue weighted by atomic mass is 10.1. The van der Waals surface area contributed by atoms with Crippen LogP contribution in [-0.4, -0.2) is 41.1 Å². The number of hydrogen-bond donors (Lipinski definition) is 0. The van der Waals surface area contributed by atoms with Crippen molar-refractivity contribution in [2.45, 2.75) is 25.1 Å². The van der Waals surface area contributed by atoms with Crippen LogP contribution < -0.4 is 0 Å². The predicted octanol–water partition coefficient (Wildman–Crippen LogP) is 3.66. The molecule has 1 aromatic carbocycles. The zero-order chi connectivity index (χ0) is 16.4. The summed E-state index contributed by atoms with van der Waals surface area (Å²) in [5.74, 6) is 0.825. The average molecular weight is 361 g/mol. The molecule has 0 aliphatic rings. The molecule has 0 aliphatic carbocycles. The van der Waals surface area contributed by atoms with Gasteiger partial charge in [0.05, 0.1) is 6.61 Å². The van der Waals surface area contributed by atoms with Gasteiger partial charge < -0.3 is 18.0 Å². The highest BCUT2D eigenvalue weighted by atomic mass is 32.2. The van der Waals surface area contributed by atoms with Gasteiger partial charge in [-0.1, -0.05) is 36.0 Å². The first-order valence-electron chi connectivity index (χ1n) is 7.12. The smallest absolute Gasteiger partial charge is 0.479 e. The van der Waals surface area contributed by atoms with Crippen molar-refractivity contribution in [1.29, 1.82) is 0 Å². The largest absolute Gasteiger partial charge is 0.500 e. The Kier molecular flexibility index (Phi) is 9.23. The maximum atomic E-state index is 5.43. The summed E-state index contributed by atoms with van der Waals surface area (Å²) in [6, 6.07) is 9.25. The molecule has 0 fully saturated rings. The van der Waals surface area contributed by atoms with Crippen LogP contribution in [0.2, 0.25) is 6.04 Å². The van der Waals surface area contributed by atoms with Crippen molar-refractivity contribution in [1.82, 2.24) is 0 Å². The van der Waals surface area contributed by atoms with Gasteiger partial charge in [-0.2, -0.15) is 0 Å². The topological polar surface area (TPSA) is 36.9 Å². The Labute approximate surface area is 143 Å². The molecule has 0 N–H and O–H groups in total. The van der Waals surface area contributed by atoms with E-state index in [0.29, 0.717) is 11.0 Å². The Hall–Kier alpha value is -0.443. The number of hydrogen-bond acceptors (Lipinski definition) is 6. The Morgan fingerprint density at radius 2 is 1.59 bits per heavy atom. The summed E-state index contributed by atoms with van der Waals surface area (Å²) >= 11 is 6.65. The summed E-state index contributed by atoms with van der Waals surface area (Å²) in [4.78, 5) is 0. The first-order valence-corrected chi connectivity index (χ1v) is 10.4. The highest BCUT2D eigenvalue weighted by Gasteiger charge is 2.37. The fourth-order valence-corrected chi connectivity index (χ4v) is 4.64. The molecule has 1 rings (SSSR count). The van der Waals surface area contributed by atoms with E-state index in [4.69, 9.17) is 30.2 Å². The van der Waals surface area contributed by atoms with E-state index in [2.05, 4.69) is 24.3 Å². The zero-order valence-corrected chi connectivity index (χ0v) is 16.2. The lowest BCUT2D eigenvalue weighted by molar-refractivity contribution is 0.123. The van der Waals surface area contributed by atoms with Crippen molar-refractivity contribution in [3.05, 3.63) is 35.4 Å². The standard InChI is InChI=1S/C15H24O4S2Si/c1-5-19-15(20)21-12-14-8-6-13(7-9-14)10-11-22(16-2,17-3)18-4/h6-9H,5,10-12H2,1-4H3. The number of rotatable bonds is 9. The number of thioether (sulfide) groups is 1. The van der Waals surface area contributed by atoms with Crippen LogP contribution >= 0.6 is 24.0 Å². The van der Waals surface area contributed by atoms with E-state index < -0.39 is 8.80 Å². The average Bonchev–Trinajstić information content (AvgIpc) is 2.56. The van der Waals surface area contributed by atoms with Crippen LogP contribution in [0.3, 0.4) is 0 Å². The Balaban J connectivity index is 2.49. The number of aryl methyl sites for hydroxylation is 1. The molecule has 1 aromatic rings. The molecule has 4 nitrogen and oxygen atoms in total. The van der Waals surface area contributed by atoms with E-state index in [1.54, 1.807) is 33.1 Å². The van der Waals surface area contributed by atoms with Crippen LogP contribution in [0.5, 0.6) is 0 Å². The maximum absolute atomic E-state index is 5.43. The SMILES string of the molecule is CCOC(=S)SCc1ccc(CC[Si](OC)(OC)OC)cc1. The molecule has 0 saturated carbocycles. The maximum Gasteiger partial charge on any atom is 0.500 e. The summed E-state index contributed by atoms with van der Waals surface area (Å²) in [5, 5.41) is 0. The highest BCUT2D eigenvalue weighted by molar-refractivity contribution is 8.22. The third-order valence-electron chi connectivity index (χ3n) is 3.29. The molecule has 0 heterocycles. The molecule has 0 spiro atoms. The van der Waals surface area contributed by atoms with Gasteiger partial charge in [-0.3, -0.25) is 0 Å². The molecule has 0 radical (unpaired) electrons. The van der Waals surface area contributed by atoms with Crippen molar-refractivity contribution in [2.75, 3.05) is 27.9 Å². The molecule has 0 aliphatic heterocycles. The van der Waals surface area contributed by atoms with E-state index in [1.165, 1.54) is 11.1 Å². The lowest BCUT2D eigenvalue weighted by Gasteiger charge is -2.24. The van der Waals surface area contributed by atoms with Gasteiger partial charge in [-0.25, -0.2) is 0 Å². The van der Waals surface area contributed by atoms with Gasteiger partial charge in [0.2, 0.25) is 4.38 Å². The second-order valence-corrected chi connectivity index (χ2v) is 9.25. The lowest BCUT2D eigenvalue weighted by Crippen LogP contribution is -2.43. The highest BCUT2D eigenvalue weighted by Crippen LogP contribution is 2.19. The Morgan fingerprint density at radius 1 is 1.05 bits per heavy atom. The van der Waals surface area contributed by atoms with E-state index in [0.717, 1.165) is 18.2 Å². The van der Waals surface area contributed by atoms with Crippen molar-refractivity contribution >= 4 is 37.2 Å². The van der Waals surface area contributed by atoms with Crippen LogP contribution in [0.25, 0.3) is 0 Å². The first-order chi connectivity index (χ1) is 10.6. The Bertz CT molecular complexity index is 441. The minimum atomic E-state index is -2.49. The summed E-state index contributed by atoms with van der Waals surface area (Å²) in [6.07, 6.45) is 0.868. The minimum Gasteiger partial charge on any atom is -0.479 e. The van der Waals surface area contributed by atoms with Crippen LogP contribution in [0.4, 0.5) is 0 Å². The molecule has 22 heavy (non-hydrogen) atoms. The van der Waals surface area contributed by atoms with E-state index in [-0.39, 0.29) is 0 Å². The normalized spacial score (nSPS) is 11.5. The van der Waals surface area contributed by atoms with Gasteiger partial charge in [-0.15, -0.1) is 0 Å². The fourth-order valence-electron chi connectivity index (χ4n) is 1.96. The van der Waals surface area contributed by atoms with Crippen molar-refractivity contribution < 1.29 is 18.0 Å². The van der Waals surface area contributed by atoms with Gasteiger partial charge >= 0.3 is 8.80 Å². The fraction of sp³-hybridized carbons (Fsp3) is 0.533. The van der Waals surface area contributed by atoms with E-state index in [1.807, 2.05) is 6.92 Å². The van der Waals surface area contributed by atoms with Crippen LogP contribution in [0, 0.1) is 0 Å². The summed E-state index contributed by atoms with van der Waals surface area (Å²) in [7, 11) is 2.43.